The molecule has 0 saturated heterocycles. The summed E-state index contributed by atoms with van der Waals surface area (Å²) >= 11 is 0. The SMILES string of the molecule is C/C=C\C(=C/C1(C)Cc2ccccc2-c2ccccc21)c1ccc2c(c1)oc1cccc(-c3nc(C4=CCC5(C)C=Cc6ccccc6C5=C4)nc(-c4ccccc4)n3)c12. The lowest BCUT2D eigenvalue weighted by Gasteiger charge is -2.35. The highest BCUT2D eigenvalue weighted by atomic mass is 16.3. The Morgan fingerprint density at radius 2 is 1.40 bits per heavy atom. The Kier molecular flexibility index (Phi) is 8.38. The van der Waals surface area contributed by atoms with Crippen molar-refractivity contribution in [1.82, 2.24) is 15.0 Å². The number of hydrogen-bond donors (Lipinski definition) is 0. The monoisotopic (exact) mass is 773 g/mol. The van der Waals surface area contributed by atoms with Gasteiger partial charge < -0.3 is 4.42 Å². The largest absolute Gasteiger partial charge is 0.456 e. The van der Waals surface area contributed by atoms with Gasteiger partial charge in [0, 0.05) is 38.3 Å². The predicted molar refractivity (Wildman–Crippen MR) is 248 cm³/mol. The number of nitrogens with zero attached hydrogens (tertiary/aromatic N) is 3. The summed E-state index contributed by atoms with van der Waals surface area (Å²) < 4.78 is 6.72. The van der Waals surface area contributed by atoms with E-state index < -0.39 is 0 Å². The van der Waals surface area contributed by atoms with E-state index in [4.69, 9.17) is 19.4 Å². The molecule has 6 aromatic carbocycles. The van der Waals surface area contributed by atoms with Crippen molar-refractivity contribution in [3.05, 3.63) is 210 Å². The predicted octanol–water partition coefficient (Wildman–Crippen LogP) is 14.1. The first-order valence-corrected chi connectivity index (χ1v) is 20.9. The average molecular weight is 774 g/mol. The Morgan fingerprint density at radius 1 is 0.667 bits per heavy atom. The van der Waals surface area contributed by atoms with Gasteiger partial charge in [-0.25, -0.2) is 15.0 Å². The van der Waals surface area contributed by atoms with E-state index in [0.29, 0.717) is 17.5 Å². The molecule has 8 aromatic rings. The van der Waals surface area contributed by atoms with Gasteiger partial charge in [0.1, 0.15) is 11.2 Å². The smallest absolute Gasteiger partial charge is 0.164 e. The van der Waals surface area contributed by atoms with E-state index in [1.807, 2.05) is 30.3 Å². The summed E-state index contributed by atoms with van der Waals surface area (Å²) in [6, 6.07) is 49.3. The minimum atomic E-state index is -0.206. The maximum absolute atomic E-state index is 6.72. The van der Waals surface area contributed by atoms with Crippen LogP contribution in [0.1, 0.15) is 60.8 Å². The van der Waals surface area contributed by atoms with Gasteiger partial charge in [-0.1, -0.05) is 172 Å². The Bertz CT molecular complexity index is 3200. The average Bonchev–Trinajstić information content (AvgIpc) is 3.67. The van der Waals surface area contributed by atoms with Crippen LogP contribution in [-0.2, 0) is 11.8 Å². The van der Waals surface area contributed by atoms with Gasteiger partial charge in [-0.2, -0.15) is 0 Å². The molecular formula is C56H43N3O. The zero-order valence-electron chi connectivity index (χ0n) is 34.0. The van der Waals surface area contributed by atoms with Crippen molar-refractivity contribution in [2.45, 2.75) is 39.0 Å². The van der Waals surface area contributed by atoms with Crippen LogP contribution in [0.5, 0.6) is 0 Å². The summed E-state index contributed by atoms with van der Waals surface area (Å²) in [5.41, 5.74) is 15.6. The molecule has 60 heavy (non-hydrogen) atoms. The molecular weight excluding hydrogens is 731 g/mol. The van der Waals surface area contributed by atoms with Crippen molar-refractivity contribution in [1.29, 1.82) is 0 Å². The van der Waals surface area contributed by atoms with Crippen LogP contribution in [0.4, 0.5) is 0 Å². The molecule has 0 radical (unpaired) electrons. The second kappa shape index (κ2) is 14.0. The number of fused-ring (bicyclic) bond motifs is 9. The van der Waals surface area contributed by atoms with Crippen LogP contribution in [0, 0.1) is 5.41 Å². The Morgan fingerprint density at radius 3 is 2.27 bits per heavy atom. The highest BCUT2D eigenvalue weighted by Crippen LogP contribution is 2.50. The zero-order valence-corrected chi connectivity index (χ0v) is 34.0. The highest BCUT2D eigenvalue weighted by Gasteiger charge is 2.35. The third kappa shape index (κ3) is 5.93. The van der Waals surface area contributed by atoms with E-state index in [9.17, 15) is 0 Å². The van der Waals surface area contributed by atoms with Crippen molar-refractivity contribution >= 4 is 44.7 Å². The first-order valence-electron chi connectivity index (χ1n) is 20.9. The summed E-state index contributed by atoms with van der Waals surface area (Å²) in [7, 11) is 0. The van der Waals surface area contributed by atoms with Crippen molar-refractivity contribution in [3.63, 3.8) is 0 Å². The number of benzene rings is 6. The van der Waals surface area contributed by atoms with Crippen molar-refractivity contribution < 1.29 is 4.42 Å². The van der Waals surface area contributed by atoms with E-state index in [0.717, 1.165) is 62.6 Å². The maximum Gasteiger partial charge on any atom is 0.164 e. The molecule has 0 aliphatic heterocycles. The first-order chi connectivity index (χ1) is 29.4. The van der Waals surface area contributed by atoms with Gasteiger partial charge in [-0.3, -0.25) is 0 Å². The van der Waals surface area contributed by atoms with E-state index in [1.54, 1.807) is 0 Å². The molecule has 11 rings (SSSR count). The number of allylic oxidation sites excluding steroid dienone is 9. The second-order valence-corrected chi connectivity index (χ2v) is 16.8. The van der Waals surface area contributed by atoms with Gasteiger partial charge in [-0.15, -0.1) is 0 Å². The van der Waals surface area contributed by atoms with E-state index in [1.165, 1.54) is 39.0 Å². The van der Waals surface area contributed by atoms with Crippen LogP contribution in [0.3, 0.4) is 0 Å². The fourth-order valence-corrected chi connectivity index (χ4v) is 9.73. The minimum absolute atomic E-state index is 0.0951. The van der Waals surface area contributed by atoms with Crippen LogP contribution in [0.15, 0.2) is 180 Å². The Labute approximate surface area is 350 Å². The first kappa shape index (κ1) is 36.0. The number of aromatic nitrogens is 3. The fourth-order valence-electron chi connectivity index (χ4n) is 9.73. The van der Waals surface area contributed by atoms with Gasteiger partial charge in [-0.05, 0) is 94.1 Å². The molecule has 2 aromatic heterocycles. The topological polar surface area (TPSA) is 51.8 Å². The highest BCUT2D eigenvalue weighted by molar-refractivity contribution is 6.12. The van der Waals surface area contributed by atoms with Gasteiger partial charge in [0.25, 0.3) is 0 Å². The molecule has 4 nitrogen and oxygen atoms in total. The zero-order chi connectivity index (χ0) is 40.4. The molecule has 3 aliphatic carbocycles. The van der Waals surface area contributed by atoms with Crippen molar-refractivity contribution in [3.8, 4) is 33.9 Å². The molecule has 0 saturated carbocycles. The third-order valence-corrected chi connectivity index (χ3v) is 12.8. The van der Waals surface area contributed by atoms with E-state index >= 15 is 0 Å². The summed E-state index contributed by atoms with van der Waals surface area (Å²) in [6.07, 6.45) is 17.7. The lowest BCUT2D eigenvalue weighted by atomic mass is 9.68. The quantitative estimate of drug-likeness (QED) is 0.158. The summed E-state index contributed by atoms with van der Waals surface area (Å²) in [6.45, 7) is 6.77. The molecule has 0 bridgehead atoms. The lowest BCUT2D eigenvalue weighted by molar-refractivity contribution is 0.579. The third-order valence-electron chi connectivity index (χ3n) is 12.8. The molecule has 0 N–H and O–H groups in total. The van der Waals surface area contributed by atoms with Crippen LogP contribution in [0.25, 0.3) is 78.6 Å². The molecule has 0 spiro atoms. The van der Waals surface area contributed by atoms with Crippen molar-refractivity contribution in [2.75, 3.05) is 0 Å². The van der Waals surface area contributed by atoms with Crippen LogP contribution in [0.2, 0.25) is 0 Å². The summed E-state index contributed by atoms with van der Waals surface area (Å²) in [4.78, 5) is 15.6. The second-order valence-electron chi connectivity index (χ2n) is 16.8. The van der Waals surface area contributed by atoms with Crippen LogP contribution in [-0.4, -0.2) is 15.0 Å². The molecule has 4 heteroatoms. The molecule has 2 atom stereocenters. The van der Waals surface area contributed by atoms with Crippen LogP contribution >= 0.6 is 0 Å². The van der Waals surface area contributed by atoms with Crippen molar-refractivity contribution in [2.24, 2.45) is 5.41 Å². The van der Waals surface area contributed by atoms with Gasteiger partial charge in [0.05, 0.1) is 0 Å². The molecule has 2 unspecified atom stereocenters. The molecule has 0 fully saturated rings. The van der Waals surface area contributed by atoms with Gasteiger partial charge >= 0.3 is 0 Å². The summed E-state index contributed by atoms with van der Waals surface area (Å²) in [5, 5.41) is 2.02. The minimum Gasteiger partial charge on any atom is -0.456 e. The van der Waals surface area contributed by atoms with Gasteiger partial charge in [0.2, 0.25) is 0 Å². The standard InChI is InChI=1S/C56H43N3O/c1-4-15-40(34-56(3)35-41-19-9-10-20-42(41)44-22-12-13-24-47(44)56)38-26-27-45-50(33-38)60-49-25-14-23-46(51(45)49)54-58-52(37-17-6-5-7-18-37)57-53(59-54)39-29-31-55(2)30-28-36-16-8-11-21-43(36)48(55)32-39/h4-30,32-34H,31,35H2,1-3H3/b15-4-,40-34+. The Balaban J connectivity index is 1.03. The molecule has 2 heterocycles. The van der Waals surface area contributed by atoms with E-state index in [2.05, 4.69) is 172 Å². The summed E-state index contributed by atoms with van der Waals surface area (Å²) in [5.74, 6) is 1.92. The molecule has 288 valence electrons. The molecule has 0 amide bonds. The van der Waals surface area contributed by atoms with Gasteiger partial charge in [0.15, 0.2) is 17.5 Å². The van der Waals surface area contributed by atoms with Crippen LogP contribution < -0.4 is 0 Å². The lowest BCUT2D eigenvalue weighted by Crippen LogP contribution is -2.27. The number of rotatable bonds is 6. The Hall–Kier alpha value is -7.17. The number of furan rings is 1. The number of hydrogen-bond acceptors (Lipinski definition) is 4. The molecule has 3 aliphatic rings. The normalized spacial score (nSPS) is 19.4. The fraction of sp³-hybridized carbons (Fsp3) is 0.125. The maximum atomic E-state index is 6.72. The van der Waals surface area contributed by atoms with E-state index in [-0.39, 0.29) is 10.8 Å².